The normalized spacial score (nSPS) is 13.1. The zero-order chi connectivity index (χ0) is 25.5. The smallest absolute Gasteiger partial charge is 0.421 e. The number of aryl methyl sites for hydroxylation is 1. The molecule has 0 unspecified atom stereocenters. The van der Waals surface area contributed by atoms with Crippen LogP contribution in [0.3, 0.4) is 0 Å². The number of pyridine rings is 1. The minimum Gasteiger partial charge on any atom is -0.494 e. The van der Waals surface area contributed by atoms with Gasteiger partial charge in [0.2, 0.25) is 5.82 Å². The van der Waals surface area contributed by atoms with Crippen molar-refractivity contribution >= 4 is 11.9 Å². The van der Waals surface area contributed by atoms with Crippen LogP contribution in [0.1, 0.15) is 22.3 Å². The van der Waals surface area contributed by atoms with Crippen molar-refractivity contribution in [3.05, 3.63) is 86.7 Å². The first-order valence-electron chi connectivity index (χ1n) is 10.4. The first-order valence-corrected chi connectivity index (χ1v) is 10.4. The molecule has 1 aliphatic heterocycles. The molecule has 0 bridgehead atoms. The fraction of sp³-hybridized carbons (Fsp3) is 0.250. The van der Waals surface area contributed by atoms with Crippen LogP contribution in [0, 0.1) is 18.6 Å². The van der Waals surface area contributed by atoms with E-state index in [9.17, 15) is 31.5 Å². The lowest BCUT2D eigenvalue weighted by Crippen LogP contribution is -2.33. The van der Waals surface area contributed by atoms with Crippen molar-refractivity contribution in [2.45, 2.75) is 26.1 Å². The van der Waals surface area contributed by atoms with Gasteiger partial charge in [0, 0.05) is 36.7 Å². The number of halogens is 5. The Morgan fingerprint density at radius 2 is 1.71 bits per heavy atom. The van der Waals surface area contributed by atoms with Crippen LogP contribution in [0.25, 0.3) is 0 Å². The number of alkyl halides is 3. The Hall–Kier alpha value is -3.89. The summed E-state index contributed by atoms with van der Waals surface area (Å²) in [4.78, 5) is 26.5. The van der Waals surface area contributed by atoms with Gasteiger partial charge in [-0.15, -0.1) is 0 Å². The van der Waals surface area contributed by atoms with Crippen molar-refractivity contribution in [1.82, 2.24) is 4.57 Å². The molecule has 0 N–H and O–H groups in total. The number of fused-ring (bicyclic) bond motifs is 1. The quantitative estimate of drug-likeness (QED) is 0.475. The van der Waals surface area contributed by atoms with E-state index < -0.39 is 52.8 Å². The first-order chi connectivity index (χ1) is 16.5. The fourth-order valence-electron chi connectivity index (χ4n) is 4.08. The number of carbonyl (C=O) groups is 1. The predicted molar refractivity (Wildman–Crippen MR) is 116 cm³/mol. The van der Waals surface area contributed by atoms with Crippen molar-refractivity contribution in [3.8, 4) is 11.5 Å². The number of nitrogens with zero attached hydrogens (tertiary/aromatic N) is 2. The van der Waals surface area contributed by atoms with Crippen molar-refractivity contribution in [2.24, 2.45) is 0 Å². The van der Waals surface area contributed by atoms with Gasteiger partial charge in [-0.2, -0.15) is 17.6 Å². The highest BCUT2D eigenvalue weighted by Crippen LogP contribution is 2.37. The highest BCUT2D eigenvalue weighted by molar-refractivity contribution is 5.90. The van der Waals surface area contributed by atoms with Crippen LogP contribution >= 0.6 is 0 Å². The molecule has 2 heterocycles. The van der Waals surface area contributed by atoms with Crippen LogP contribution < -0.4 is 19.9 Å². The summed E-state index contributed by atoms with van der Waals surface area (Å²) in [6, 6.07) is 7.77. The second-order valence-electron chi connectivity index (χ2n) is 7.85. The molecule has 11 heteroatoms. The van der Waals surface area contributed by atoms with Crippen LogP contribution in [0.4, 0.5) is 32.6 Å². The van der Waals surface area contributed by atoms with Gasteiger partial charge in [0.1, 0.15) is 11.6 Å². The summed E-state index contributed by atoms with van der Waals surface area (Å²) >= 11 is 0. The van der Waals surface area contributed by atoms with Crippen molar-refractivity contribution in [3.63, 3.8) is 0 Å². The van der Waals surface area contributed by atoms with E-state index in [1.165, 1.54) is 42.9 Å². The van der Waals surface area contributed by atoms with Crippen LogP contribution in [0.5, 0.6) is 11.5 Å². The maximum absolute atomic E-state index is 14.6. The third-order valence-electron chi connectivity index (χ3n) is 5.75. The third-order valence-corrected chi connectivity index (χ3v) is 5.75. The standard InChI is InChI=1S/C24H19F5N2O4/c1-13-11-20(32)30-9-10-31(23(33)35-19-8-4-7-18(34-2)21(19)26)22(30)14(13)12-15-16(24(27,28)29)5-3-6-17(15)25/h3-8,11H,9-10,12H2,1-2H3. The van der Waals surface area contributed by atoms with E-state index in [2.05, 4.69) is 0 Å². The molecule has 0 radical (unpaired) electrons. The van der Waals surface area contributed by atoms with Gasteiger partial charge >= 0.3 is 12.3 Å². The molecule has 1 aliphatic rings. The molecule has 4 rings (SSSR count). The molecular formula is C24H19F5N2O4. The van der Waals surface area contributed by atoms with Crippen molar-refractivity contribution < 1.29 is 36.2 Å². The molecule has 184 valence electrons. The SMILES string of the molecule is COc1cccc(OC(=O)N2CCn3c2c(Cc2c(F)cccc2C(F)(F)F)c(C)cc3=O)c1F. The summed E-state index contributed by atoms with van der Waals surface area (Å²) in [5, 5.41) is 0. The van der Waals surface area contributed by atoms with Crippen LogP contribution in [-0.2, 0) is 19.1 Å². The minimum absolute atomic E-state index is 0.0281. The van der Waals surface area contributed by atoms with Gasteiger partial charge in [-0.1, -0.05) is 12.1 Å². The maximum Gasteiger partial charge on any atom is 0.421 e. The highest BCUT2D eigenvalue weighted by atomic mass is 19.4. The van der Waals surface area contributed by atoms with E-state index in [0.717, 1.165) is 23.1 Å². The molecule has 3 aromatic rings. The molecule has 0 fully saturated rings. The summed E-state index contributed by atoms with van der Waals surface area (Å²) in [6.45, 7) is 1.45. The van der Waals surface area contributed by atoms with Gasteiger partial charge in [0.25, 0.3) is 5.56 Å². The average molecular weight is 494 g/mol. The number of amides is 1. The Morgan fingerprint density at radius 1 is 1.03 bits per heavy atom. The lowest BCUT2D eigenvalue weighted by Gasteiger charge is -2.22. The van der Waals surface area contributed by atoms with Gasteiger partial charge in [0.15, 0.2) is 11.5 Å². The monoisotopic (exact) mass is 494 g/mol. The van der Waals surface area contributed by atoms with E-state index in [0.29, 0.717) is 0 Å². The first kappa shape index (κ1) is 24.2. The van der Waals surface area contributed by atoms with Gasteiger partial charge < -0.3 is 9.47 Å². The molecular weight excluding hydrogens is 475 g/mol. The predicted octanol–water partition coefficient (Wildman–Crippen LogP) is 5.07. The van der Waals surface area contributed by atoms with Crippen LogP contribution in [0.2, 0.25) is 0 Å². The van der Waals surface area contributed by atoms with Crippen molar-refractivity contribution in [1.29, 1.82) is 0 Å². The molecule has 0 atom stereocenters. The summed E-state index contributed by atoms with van der Waals surface area (Å²) in [6.07, 6.45) is -6.41. The van der Waals surface area contributed by atoms with Gasteiger partial charge in [-0.3, -0.25) is 14.3 Å². The number of carbonyl (C=O) groups excluding carboxylic acids is 1. The van der Waals surface area contributed by atoms with E-state index in [-0.39, 0.29) is 35.8 Å². The molecule has 1 amide bonds. The third kappa shape index (κ3) is 4.45. The maximum atomic E-state index is 14.6. The lowest BCUT2D eigenvalue weighted by atomic mass is 9.96. The molecule has 0 saturated heterocycles. The number of aromatic nitrogens is 1. The molecule has 0 spiro atoms. The van der Waals surface area contributed by atoms with E-state index in [1.54, 1.807) is 0 Å². The van der Waals surface area contributed by atoms with E-state index >= 15 is 0 Å². The summed E-state index contributed by atoms with van der Waals surface area (Å²) in [7, 11) is 1.24. The van der Waals surface area contributed by atoms with Crippen molar-refractivity contribution in [2.75, 3.05) is 18.6 Å². The Balaban J connectivity index is 1.78. The molecule has 1 aromatic heterocycles. The average Bonchev–Trinajstić information content (AvgIpc) is 3.24. The largest absolute Gasteiger partial charge is 0.494 e. The van der Waals surface area contributed by atoms with Gasteiger partial charge in [-0.25, -0.2) is 9.18 Å². The zero-order valence-electron chi connectivity index (χ0n) is 18.6. The molecule has 6 nitrogen and oxygen atoms in total. The summed E-state index contributed by atoms with van der Waals surface area (Å²) in [5.41, 5.74) is -1.87. The molecule has 35 heavy (non-hydrogen) atoms. The topological polar surface area (TPSA) is 60.8 Å². The number of rotatable bonds is 4. The fourth-order valence-corrected chi connectivity index (χ4v) is 4.08. The van der Waals surface area contributed by atoms with E-state index in [4.69, 9.17) is 9.47 Å². The Morgan fingerprint density at radius 3 is 2.40 bits per heavy atom. The summed E-state index contributed by atoms with van der Waals surface area (Å²) in [5.74, 6) is -2.62. The molecule has 0 aliphatic carbocycles. The molecule has 2 aromatic carbocycles. The van der Waals surface area contributed by atoms with Crippen LogP contribution in [0.15, 0.2) is 47.3 Å². The Kier molecular flexibility index (Phi) is 6.27. The number of anilines is 1. The van der Waals surface area contributed by atoms with Gasteiger partial charge in [0.05, 0.1) is 12.7 Å². The molecule has 0 saturated carbocycles. The number of hydrogen-bond donors (Lipinski definition) is 0. The number of hydrogen-bond acceptors (Lipinski definition) is 4. The highest BCUT2D eigenvalue weighted by Gasteiger charge is 2.36. The summed E-state index contributed by atoms with van der Waals surface area (Å²) < 4.78 is 81.0. The second-order valence-corrected chi connectivity index (χ2v) is 7.85. The minimum atomic E-state index is -4.82. The lowest BCUT2D eigenvalue weighted by molar-refractivity contribution is -0.138. The number of benzene rings is 2. The van der Waals surface area contributed by atoms with Crippen LogP contribution in [-0.4, -0.2) is 24.3 Å². The Bertz CT molecular complexity index is 1370. The Labute approximate surface area is 196 Å². The zero-order valence-corrected chi connectivity index (χ0v) is 18.6. The number of methoxy groups -OCH3 is 1. The van der Waals surface area contributed by atoms with E-state index in [1.807, 2.05) is 0 Å². The second kappa shape index (κ2) is 9.05. The van der Waals surface area contributed by atoms with Gasteiger partial charge in [-0.05, 0) is 36.8 Å². The number of ether oxygens (including phenoxy) is 2.